The molecular formula is C16H29N5O6. The van der Waals surface area contributed by atoms with Crippen LogP contribution in [0.2, 0.25) is 0 Å². The molecule has 4 amide bonds. The number of rotatable bonds is 11. The fourth-order valence-electron chi connectivity index (χ4n) is 2.03. The maximum atomic E-state index is 12.4. The predicted molar refractivity (Wildman–Crippen MR) is 96.0 cm³/mol. The summed E-state index contributed by atoms with van der Waals surface area (Å²) in [5.74, 6) is -4.25. The highest BCUT2D eigenvalue weighted by Crippen LogP contribution is 2.05. The van der Waals surface area contributed by atoms with E-state index in [4.69, 9.17) is 16.6 Å². The molecule has 27 heavy (non-hydrogen) atoms. The van der Waals surface area contributed by atoms with Crippen LogP contribution in [-0.4, -0.2) is 58.9 Å². The average Bonchev–Trinajstić information content (AvgIpc) is 2.54. The zero-order valence-electron chi connectivity index (χ0n) is 15.9. The number of carboxylic acids is 1. The van der Waals surface area contributed by atoms with Crippen LogP contribution in [0.5, 0.6) is 0 Å². The molecule has 0 aromatic carbocycles. The lowest BCUT2D eigenvalue weighted by molar-refractivity contribution is -0.143. The Hall–Kier alpha value is -2.69. The van der Waals surface area contributed by atoms with E-state index in [1.165, 1.54) is 13.8 Å². The Bertz CT molecular complexity index is 578. The van der Waals surface area contributed by atoms with Crippen molar-refractivity contribution in [2.45, 2.75) is 64.7 Å². The van der Waals surface area contributed by atoms with Gasteiger partial charge in [-0.15, -0.1) is 0 Å². The first-order valence-corrected chi connectivity index (χ1v) is 8.54. The summed E-state index contributed by atoms with van der Waals surface area (Å²) < 4.78 is 0. The smallest absolute Gasteiger partial charge is 0.326 e. The van der Waals surface area contributed by atoms with Crippen molar-refractivity contribution in [1.82, 2.24) is 16.0 Å². The molecule has 0 aliphatic rings. The maximum Gasteiger partial charge on any atom is 0.326 e. The molecule has 0 radical (unpaired) electrons. The summed E-state index contributed by atoms with van der Waals surface area (Å²) in [6, 6.07) is -4.10. The number of carboxylic acid groups (broad SMARTS) is 1. The van der Waals surface area contributed by atoms with Crippen molar-refractivity contribution in [3.05, 3.63) is 0 Å². The Labute approximate surface area is 157 Å². The number of nitrogens with one attached hydrogen (secondary N) is 3. The topological polar surface area (TPSA) is 194 Å². The van der Waals surface area contributed by atoms with Crippen molar-refractivity contribution in [3.8, 4) is 0 Å². The molecule has 0 saturated carbocycles. The molecule has 4 unspecified atom stereocenters. The summed E-state index contributed by atoms with van der Waals surface area (Å²) in [5, 5.41) is 16.3. The van der Waals surface area contributed by atoms with Crippen LogP contribution in [0.1, 0.15) is 40.5 Å². The summed E-state index contributed by atoms with van der Waals surface area (Å²) in [7, 11) is 0. The van der Waals surface area contributed by atoms with Gasteiger partial charge in [-0.2, -0.15) is 0 Å². The molecular weight excluding hydrogens is 358 g/mol. The quantitative estimate of drug-likeness (QED) is 0.232. The van der Waals surface area contributed by atoms with Gasteiger partial charge in [0.05, 0.1) is 6.04 Å². The van der Waals surface area contributed by atoms with Crippen molar-refractivity contribution in [2.24, 2.45) is 17.4 Å². The summed E-state index contributed by atoms with van der Waals surface area (Å²) in [4.78, 5) is 58.3. The van der Waals surface area contributed by atoms with E-state index in [1.807, 2.05) is 0 Å². The van der Waals surface area contributed by atoms with Gasteiger partial charge in [0.2, 0.25) is 23.6 Å². The first-order chi connectivity index (χ1) is 12.4. The van der Waals surface area contributed by atoms with Crippen LogP contribution >= 0.6 is 0 Å². The molecule has 8 N–H and O–H groups in total. The van der Waals surface area contributed by atoms with Crippen LogP contribution in [0.4, 0.5) is 0 Å². The molecule has 0 rings (SSSR count). The fraction of sp³-hybridized carbons (Fsp3) is 0.688. The molecule has 0 aromatic heterocycles. The van der Waals surface area contributed by atoms with E-state index < -0.39 is 53.8 Å². The van der Waals surface area contributed by atoms with E-state index in [-0.39, 0.29) is 18.8 Å². The van der Waals surface area contributed by atoms with Crippen LogP contribution < -0.4 is 27.4 Å². The lowest BCUT2D eigenvalue weighted by Crippen LogP contribution is -2.57. The number of carbonyl (C=O) groups is 5. The van der Waals surface area contributed by atoms with Crippen molar-refractivity contribution in [2.75, 3.05) is 0 Å². The van der Waals surface area contributed by atoms with Crippen LogP contribution in [0.25, 0.3) is 0 Å². The molecule has 11 heteroatoms. The van der Waals surface area contributed by atoms with E-state index in [2.05, 4.69) is 16.0 Å². The molecule has 0 aliphatic carbocycles. The Balaban J connectivity index is 5.01. The minimum absolute atomic E-state index is 0.171. The highest BCUT2D eigenvalue weighted by molar-refractivity contribution is 5.94. The highest BCUT2D eigenvalue weighted by Gasteiger charge is 2.30. The van der Waals surface area contributed by atoms with Gasteiger partial charge in [-0.05, 0) is 26.2 Å². The van der Waals surface area contributed by atoms with E-state index in [0.29, 0.717) is 0 Å². The molecule has 0 fully saturated rings. The van der Waals surface area contributed by atoms with Gasteiger partial charge < -0.3 is 32.5 Å². The normalized spacial score (nSPS) is 15.2. The Morgan fingerprint density at radius 1 is 0.889 bits per heavy atom. The van der Waals surface area contributed by atoms with Gasteiger partial charge in [0.1, 0.15) is 18.1 Å². The molecule has 4 atom stereocenters. The third-order valence-corrected chi connectivity index (χ3v) is 3.71. The second-order valence-electron chi connectivity index (χ2n) is 6.65. The minimum Gasteiger partial charge on any atom is -0.480 e. The van der Waals surface area contributed by atoms with Crippen molar-refractivity contribution in [3.63, 3.8) is 0 Å². The molecule has 0 saturated heterocycles. The lowest BCUT2D eigenvalue weighted by atomic mass is 10.0. The third kappa shape index (κ3) is 8.99. The number of amides is 4. The number of aliphatic carboxylic acids is 1. The SMILES string of the molecule is CC(N)C(=O)NC(C)C(=O)NC(C(=O)NC(CCC(N)=O)C(=O)O)C(C)C. The summed E-state index contributed by atoms with van der Waals surface area (Å²) in [5.41, 5.74) is 10.4. The lowest BCUT2D eigenvalue weighted by Gasteiger charge is -2.25. The number of hydrogen-bond donors (Lipinski definition) is 6. The van der Waals surface area contributed by atoms with Crippen LogP contribution in [-0.2, 0) is 24.0 Å². The van der Waals surface area contributed by atoms with Gasteiger partial charge in [-0.3, -0.25) is 19.2 Å². The molecule has 0 spiro atoms. The summed E-state index contributed by atoms with van der Waals surface area (Å²) in [6.45, 7) is 6.21. The Kier molecular flexibility index (Phi) is 10.0. The summed E-state index contributed by atoms with van der Waals surface area (Å²) in [6.07, 6.45) is -0.383. The molecule has 0 aliphatic heterocycles. The van der Waals surface area contributed by atoms with Gasteiger partial charge in [0.15, 0.2) is 0 Å². The van der Waals surface area contributed by atoms with Crippen molar-refractivity contribution in [1.29, 1.82) is 0 Å². The maximum absolute atomic E-state index is 12.4. The van der Waals surface area contributed by atoms with Gasteiger partial charge in [0.25, 0.3) is 0 Å². The van der Waals surface area contributed by atoms with Crippen LogP contribution in [0.3, 0.4) is 0 Å². The van der Waals surface area contributed by atoms with Crippen molar-refractivity contribution < 1.29 is 29.1 Å². The molecule has 154 valence electrons. The number of hydrogen-bond acceptors (Lipinski definition) is 6. The number of nitrogens with two attached hydrogens (primary N) is 2. The van der Waals surface area contributed by atoms with E-state index in [9.17, 15) is 24.0 Å². The second kappa shape index (κ2) is 11.1. The second-order valence-corrected chi connectivity index (χ2v) is 6.65. The Morgan fingerprint density at radius 3 is 1.85 bits per heavy atom. The van der Waals surface area contributed by atoms with Crippen molar-refractivity contribution >= 4 is 29.6 Å². The van der Waals surface area contributed by atoms with Gasteiger partial charge in [-0.25, -0.2) is 4.79 Å². The monoisotopic (exact) mass is 387 g/mol. The van der Waals surface area contributed by atoms with E-state index >= 15 is 0 Å². The third-order valence-electron chi connectivity index (χ3n) is 3.71. The van der Waals surface area contributed by atoms with E-state index in [0.717, 1.165) is 0 Å². The van der Waals surface area contributed by atoms with E-state index in [1.54, 1.807) is 13.8 Å². The standard InChI is InChI=1S/C16H29N5O6/c1-7(2)12(21-14(24)9(4)19-13(23)8(3)17)15(25)20-10(16(26)27)5-6-11(18)22/h7-10,12H,5-6,17H2,1-4H3,(H2,18,22)(H,19,23)(H,20,25)(H,21,24)(H,26,27). The molecule has 0 bridgehead atoms. The number of primary amides is 1. The Morgan fingerprint density at radius 2 is 1.44 bits per heavy atom. The first-order valence-electron chi connectivity index (χ1n) is 8.54. The predicted octanol–water partition coefficient (Wildman–Crippen LogP) is -2.19. The molecule has 0 aromatic rings. The zero-order valence-corrected chi connectivity index (χ0v) is 15.9. The zero-order chi connectivity index (χ0) is 21.3. The first kappa shape index (κ1) is 24.3. The number of carbonyl (C=O) groups excluding carboxylic acids is 4. The largest absolute Gasteiger partial charge is 0.480 e. The van der Waals surface area contributed by atoms with Gasteiger partial charge in [-0.1, -0.05) is 13.8 Å². The fourth-order valence-corrected chi connectivity index (χ4v) is 2.03. The summed E-state index contributed by atoms with van der Waals surface area (Å²) >= 11 is 0. The molecule has 11 nitrogen and oxygen atoms in total. The van der Waals surface area contributed by atoms with Gasteiger partial charge in [0, 0.05) is 6.42 Å². The van der Waals surface area contributed by atoms with Crippen LogP contribution in [0, 0.1) is 5.92 Å². The minimum atomic E-state index is -1.32. The van der Waals surface area contributed by atoms with Gasteiger partial charge >= 0.3 is 5.97 Å². The average molecular weight is 387 g/mol. The van der Waals surface area contributed by atoms with Crippen LogP contribution in [0.15, 0.2) is 0 Å². The molecule has 0 heterocycles. The highest BCUT2D eigenvalue weighted by atomic mass is 16.4.